The lowest BCUT2D eigenvalue weighted by Gasteiger charge is -2.58. The molecule has 2 nitrogen and oxygen atoms in total. The topological polar surface area (TPSA) is 26.3 Å². The van der Waals surface area contributed by atoms with Crippen LogP contribution in [0.3, 0.4) is 0 Å². The third kappa shape index (κ3) is 5.04. The first-order chi connectivity index (χ1) is 9.70. The van der Waals surface area contributed by atoms with Gasteiger partial charge in [-0.15, -0.1) is 0 Å². The summed E-state index contributed by atoms with van der Waals surface area (Å²) in [5.74, 6) is -0.191. The van der Waals surface area contributed by atoms with Crippen LogP contribution in [0.1, 0.15) is 13.3 Å². The lowest BCUT2D eigenvalue weighted by Crippen LogP contribution is -2.82. The average molecular weight is 375 g/mol. The van der Waals surface area contributed by atoms with Crippen LogP contribution in [0.15, 0.2) is 12.2 Å². The predicted molar refractivity (Wildman–Crippen MR) is 111 cm³/mol. The first kappa shape index (κ1) is 22.1. The van der Waals surface area contributed by atoms with Crippen LogP contribution in [-0.4, -0.2) is 42.0 Å². The molecule has 0 aromatic rings. The fourth-order valence-electron chi connectivity index (χ4n) is 5.19. The van der Waals surface area contributed by atoms with E-state index in [1.165, 1.54) is 12.1 Å². The second kappa shape index (κ2) is 7.77. The summed E-state index contributed by atoms with van der Waals surface area (Å²) in [7, 11) is -3.58. The third-order valence-corrected chi connectivity index (χ3v) is 79.7. The van der Waals surface area contributed by atoms with Gasteiger partial charge in [0.15, 0.2) is 0 Å². The Morgan fingerprint density at radius 3 is 1.59 bits per heavy atom. The van der Waals surface area contributed by atoms with Crippen LogP contribution < -0.4 is 0 Å². The number of esters is 1. The molecule has 0 amide bonds. The van der Waals surface area contributed by atoms with E-state index in [-0.39, 0.29) is 5.97 Å². The zero-order valence-electron chi connectivity index (χ0n) is 16.6. The molecule has 0 aromatic carbocycles. The van der Waals surface area contributed by atoms with Crippen LogP contribution in [0, 0.1) is 0 Å². The Morgan fingerprint density at radius 2 is 1.27 bits per heavy atom. The third-order valence-electron chi connectivity index (χ3n) is 5.08. The number of carbonyl (C=O) groups is 1. The summed E-state index contributed by atoms with van der Waals surface area (Å²) >= 11 is 0. The molecule has 0 rings (SSSR count). The molecule has 6 heteroatoms. The molecule has 22 heavy (non-hydrogen) atoms. The first-order valence-electron chi connectivity index (χ1n) is 8.50. The average Bonchev–Trinajstić information content (AvgIpc) is 2.23. The maximum atomic E-state index is 11.5. The second-order valence-electron chi connectivity index (χ2n) is 9.43. The van der Waals surface area contributed by atoms with Gasteiger partial charge in [-0.25, -0.2) is 4.79 Å². The van der Waals surface area contributed by atoms with Gasteiger partial charge in [0.1, 0.15) is 0 Å². The molecule has 0 aliphatic rings. The van der Waals surface area contributed by atoms with Gasteiger partial charge in [-0.05, 0) is 13.3 Å². The minimum Gasteiger partial charge on any atom is -0.463 e. The molecular formula is C16H38O2Si4. The van der Waals surface area contributed by atoms with Crippen molar-refractivity contribution in [1.29, 1.82) is 0 Å². The summed E-state index contributed by atoms with van der Waals surface area (Å²) in [6, 6.07) is 1.37. The Kier molecular flexibility index (Phi) is 7.79. The molecule has 0 spiro atoms. The summed E-state index contributed by atoms with van der Waals surface area (Å²) in [5.41, 5.74) is 0. The summed E-state index contributed by atoms with van der Waals surface area (Å²) in [4.78, 5) is 11.5. The Hall–Kier alpha value is 0.0775. The highest BCUT2D eigenvalue weighted by molar-refractivity contribution is 7.89. The van der Waals surface area contributed by atoms with Gasteiger partial charge in [-0.2, -0.15) is 0 Å². The number of hydrogen-bond donors (Lipinski definition) is 0. The fourth-order valence-corrected chi connectivity index (χ4v) is 104. The van der Waals surface area contributed by atoms with E-state index >= 15 is 0 Å². The normalized spacial score (nSPS) is 14.5. The van der Waals surface area contributed by atoms with Gasteiger partial charge in [0.05, 0.1) is 6.61 Å². The van der Waals surface area contributed by atoms with Crippen molar-refractivity contribution in [2.75, 3.05) is 6.61 Å². The smallest absolute Gasteiger partial charge is 0.330 e. The molecule has 0 atom stereocenters. The van der Waals surface area contributed by atoms with Crippen LogP contribution in [-0.2, 0) is 9.53 Å². The zero-order chi connectivity index (χ0) is 17.8. The van der Waals surface area contributed by atoms with Crippen LogP contribution in [0.4, 0.5) is 0 Å². The van der Waals surface area contributed by atoms with E-state index in [1.54, 1.807) is 6.08 Å². The molecule has 0 bridgehead atoms. The van der Waals surface area contributed by atoms with Gasteiger partial charge in [0.25, 0.3) is 0 Å². The molecule has 130 valence electrons. The highest BCUT2D eigenvalue weighted by Crippen LogP contribution is 2.40. The standard InChI is InChI=1S/C16H38O2Si4/c1-11-13-16(17)18-14-12-15-22(19(2,3)4,20(5,6)7)21(8,9)10/h11,13H,12,14-15H2,1-10H3. The Bertz CT molecular complexity index is 362. The lowest BCUT2D eigenvalue weighted by molar-refractivity contribution is -0.137. The highest BCUT2D eigenvalue weighted by atomic mass is 29.9. The summed E-state index contributed by atoms with van der Waals surface area (Å²) < 4.78 is 5.36. The summed E-state index contributed by atoms with van der Waals surface area (Å²) in [6.45, 7) is 24.7. The molecule has 0 fully saturated rings. The van der Waals surface area contributed by atoms with Gasteiger partial charge in [0.2, 0.25) is 0 Å². The van der Waals surface area contributed by atoms with E-state index in [0.29, 0.717) is 6.61 Å². The monoisotopic (exact) mass is 374 g/mol. The number of ether oxygens (including phenoxy) is 1. The van der Waals surface area contributed by atoms with Crippen LogP contribution in [0.25, 0.3) is 0 Å². The van der Waals surface area contributed by atoms with Gasteiger partial charge >= 0.3 is 5.97 Å². The van der Waals surface area contributed by atoms with E-state index in [0.717, 1.165) is 6.42 Å². The minimum absolute atomic E-state index is 0.191. The van der Waals surface area contributed by atoms with E-state index < -0.39 is 29.4 Å². The van der Waals surface area contributed by atoms with Crippen molar-refractivity contribution in [1.82, 2.24) is 0 Å². The second-order valence-corrected chi connectivity index (χ2v) is 50.9. The lowest BCUT2D eigenvalue weighted by atomic mass is 10.5. The molecule has 0 aromatic heterocycles. The quantitative estimate of drug-likeness (QED) is 0.253. The van der Waals surface area contributed by atoms with E-state index in [2.05, 4.69) is 58.9 Å². The molecular weight excluding hydrogens is 337 g/mol. The number of carbonyl (C=O) groups excluding carboxylic acids is 1. The SMILES string of the molecule is CC=CC(=O)OCCC[Si]([Si](C)(C)C)([Si](C)(C)C)[Si](C)(C)C. The number of allylic oxidation sites excluding steroid dienone is 1. The van der Waals surface area contributed by atoms with Crippen molar-refractivity contribution < 1.29 is 9.53 Å². The van der Waals surface area contributed by atoms with E-state index in [1.807, 2.05) is 6.92 Å². The maximum Gasteiger partial charge on any atom is 0.330 e. The summed E-state index contributed by atoms with van der Waals surface area (Å²) in [6.07, 6.45) is 4.32. The molecule has 0 unspecified atom stereocenters. The molecule has 0 aliphatic carbocycles. The van der Waals surface area contributed by atoms with Gasteiger partial charge < -0.3 is 4.74 Å². The van der Waals surface area contributed by atoms with Gasteiger partial charge in [0, 0.05) is 35.5 Å². The van der Waals surface area contributed by atoms with Crippen molar-refractivity contribution in [3.63, 3.8) is 0 Å². The van der Waals surface area contributed by atoms with Crippen LogP contribution in [0.2, 0.25) is 65.0 Å². The van der Waals surface area contributed by atoms with Crippen LogP contribution >= 0.6 is 0 Å². The van der Waals surface area contributed by atoms with Gasteiger partial charge in [-0.1, -0.05) is 71.0 Å². The van der Waals surface area contributed by atoms with Crippen molar-refractivity contribution in [3.8, 4) is 0 Å². The maximum absolute atomic E-state index is 11.5. The number of rotatable bonds is 8. The Balaban J connectivity index is 5.25. The first-order valence-corrected chi connectivity index (χ1v) is 24.2. The van der Waals surface area contributed by atoms with Crippen molar-refractivity contribution in [2.45, 2.75) is 78.3 Å². The Morgan fingerprint density at radius 1 is 0.864 bits per heavy atom. The Labute approximate surface area is 142 Å². The van der Waals surface area contributed by atoms with E-state index in [9.17, 15) is 4.79 Å². The molecule has 0 heterocycles. The highest BCUT2D eigenvalue weighted by Gasteiger charge is 2.60. The number of hydrogen-bond acceptors (Lipinski definition) is 2. The largest absolute Gasteiger partial charge is 0.463 e. The van der Waals surface area contributed by atoms with Gasteiger partial charge in [-0.3, -0.25) is 0 Å². The molecule has 0 radical (unpaired) electrons. The molecule has 0 saturated heterocycles. The van der Waals surface area contributed by atoms with Crippen molar-refractivity contribution in [3.05, 3.63) is 12.2 Å². The predicted octanol–water partition coefficient (Wildman–Crippen LogP) is 5.19. The van der Waals surface area contributed by atoms with Crippen LogP contribution in [0.5, 0.6) is 0 Å². The van der Waals surface area contributed by atoms with Crippen molar-refractivity contribution in [2.24, 2.45) is 0 Å². The van der Waals surface area contributed by atoms with E-state index in [4.69, 9.17) is 4.74 Å². The summed E-state index contributed by atoms with van der Waals surface area (Å²) in [5, 5.41) is 0. The molecule has 0 N–H and O–H groups in total. The zero-order valence-corrected chi connectivity index (χ0v) is 20.6. The van der Waals surface area contributed by atoms with Crippen molar-refractivity contribution >= 4 is 35.4 Å². The minimum atomic E-state index is -1.28. The fraction of sp³-hybridized carbons (Fsp3) is 0.812. The molecule has 0 aliphatic heterocycles. The molecule has 0 saturated carbocycles.